The van der Waals surface area contributed by atoms with E-state index in [9.17, 15) is 4.79 Å². The highest BCUT2D eigenvalue weighted by molar-refractivity contribution is 6.10. The molecule has 1 saturated heterocycles. The van der Waals surface area contributed by atoms with Crippen molar-refractivity contribution in [1.82, 2.24) is 0 Å². The van der Waals surface area contributed by atoms with E-state index in [1.165, 1.54) is 5.56 Å². The summed E-state index contributed by atoms with van der Waals surface area (Å²) in [6.07, 6.45) is 0.756. The van der Waals surface area contributed by atoms with E-state index in [1.807, 2.05) is 30.3 Å². The Hall–Kier alpha value is -2.82. The van der Waals surface area contributed by atoms with Crippen LogP contribution in [0.15, 0.2) is 47.5 Å². The molecule has 1 fully saturated rings. The smallest absolute Gasteiger partial charge is 0.315 e. The summed E-state index contributed by atoms with van der Waals surface area (Å²) in [7, 11) is 0. The monoisotopic (exact) mass is 321 g/mol. The van der Waals surface area contributed by atoms with Crippen LogP contribution in [-0.2, 0) is 16.0 Å². The maximum atomic E-state index is 12.3. The van der Waals surface area contributed by atoms with Gasteiger partial charge in [0.2, 0.25) is 6.79 Å². The first-order valence-electron chi connectivity index (χ1n) is 8.01. The molecule has 0 spiro atoms. The van der Waals surface area contributed by atoms with E-state index < -0.39 is 0 Å². The lowest BCUT2D eigenvalue weighted by Crippen LogP contribution is -2.28. The largest absolute Gasteiger partial charge is 0.459 e. The van der Waals surface area contributed by atoms with Gasteiger partial charge in [0.15, 0.2) is 11.5 Å². The van der Waals surface area contributed by atoms with Crippen molar-refractivity contribution in [3.05, 3.63) is 53.6 Å². The topological polar surface area (TPSA) is 57.1 Å². The summed E-state index contributed by atoms with van der Waals surface area (Å²) in [5.41, 5.74) is 3.87. The predicted molar refractivity (Wildman–Crippen MR) is 87.0 cm³/mol. The van der Waals surface area contributed by atoms with Crippen molar-refractivity contribution >= 4 is 17.4 Å². The molecule has 3 aliphatic heterocycles. The van der Waals surface area contributed by atoms with E-state index in [-0.39, 0.29) is 31.2 Å². The molecule has 3 aliphatic rings. The van der Waals surface area contributed by atoms with Crippen molar-refractivity contribution in [2.75, 3.05) is 13.4 Å². The van der Waals surface area contributed by atoms with Gasteiger partial charge in [-0.15, -0.1) is 0 Å². The van der Waals surface area contributed by atoms with Gasteiger partial charge in [0.25, 0.3) is 0 Å². The number of esters is 1. The van der Waals surface area contributed by atoms with Gasteiger partial charge in [-0.3, -0.25) is 9.79 Å². The van der Waals surface area contributed by atoms with Gasteiger partial charge in [-0.1, -0.05) is 30.3 Å². The molecule has 5 rings (SSSR count). The minimum Gasteiger partial charge on any atom is -0.459 e. The quantitative estimate of drug-likeness (QED) is 0.798. The van der Waals surface area contributed by atoms with Gasteiger partial charge in [0.1, 0.15) is 12.5 Å². The summed E-state index contributed by atoms with van der Waals surface area (Å²) < 4.78 is 16.2. The van der Waals surface area contributed by atoms with Crippen LogP contribution in [0.4, 0.5) is 5.69 Å². The molecule has 0 saturated carbocycles. The molecule has 2 aromatic rings. The summed E-state index contributed by atoms with van der Waals surface area (Å²) in [5.74, 6) is 0.938. The Kier molecular flexibility index (Phi) is 2.89. The Morgan fingerprint density at radius 1 is 1.04 bits per heavy atom. The molecular weight excluding hydrogens is 306 g/mol. The van der Waals surface area contributed by atoms with Crippen LogP contribution in [0.5, 0.6) is 11.5 Å². The second kappa shape index (κ2) is 5.09. The zero-order chi connectivity index (χ0) is 16.1. The Balaban J connectivity index is 1.63. The third kappa shape index (κ3) is 2.01. The van der Waals surface area contributed by atoms with Gasteiger partial charge >= 0.3 is 5.97 Å². The lowest BCUT2D eigenvalue weighted by Gasteiger charge is -2.27. The first-order chi connectivity index (χ1) is 11.8. The molecule has 2 unspecified atom stereocenters. The van der Waals surface area contributed by atoms with Crippen molar-refractivity contribution < 1.29 is 19.0 Å². The van der Waals surface area contributed by atoms with Gasteiger partial charge in [-0.05, 0) is 23.6 Å². The Bertz CT molecular complexity index is 859. The number of benzene rings is 2. The van der Waals surface area contributed by atoms with Gasteiger partial charge in [-0.25, -0.2) is 0 Å². The summed E-state index contributed by atoms with van der Waals surface area (Å²) >= 11 is 0. The molecule has 0 aliphatic carbocycles. The van der Waals surface area contributed by atoms with E-state index >= 15 is 0 Å². The maximum Gasteiger partial charge on any atom is 0.315 e. The van der Waals surface area contributed by atoms with Crippen LogP contribution in [0.2, 0.25) is 0 Å². The summed E-state index contributed by atoms with van der Waals surface area (Å²) in [6, 6.07) is 14.1. The molecule has 0 radical (unpaired) electrons. The molecule has 5 heteroatoms. The fourth-order valence-electron chi connectivity index (χ4n) is 3.73. The summed E-state index contributed by atoms with van der Waals surface area (Å²) in [5, 5.41) is 0. The zero-order valence-electron chi connectivity index (χ0n) is 12.9. The fourth-order valence-corrected chi connectivity index (χ4v) is 3.73. The molecule has 0 amide bonds. The molecule has 24 heavy (non-hydrogen) atoms. The average Bonchev–Trinajstić information content (AvgIpc) is 3.20. The Morgan fingerprint density at radius 3 is 2.67 bits per heavy atom. The number of nitrogens with zero attached hydrogens (tertiary/aromatic N) is 1. The summed E-state index contributed by atoms with van der Waals surface area (Å²) in [4.78, 5) is 17.0. The highest BCUT2D eigenvalue weighted by Crippen LogP contribution is 2.48. The van der Waals surface area contributed by atoms with Gasteiger partial charge in [0.05, 0.1) is 11.4 Å². The number of rotatable bonds is 2. The number of carbonyl (C=O) groups is 1. The van der Waals surface area contributed by atoms with E-state index in [0.29, 0.717) is 5.75 Å². The van der Waals surface area contributed by atoms with E-state index in [4.69, 9.17) is 14.2 Å². The van der Waals surface area contributed by atoms with Crippen molar-refractivity contribution in [1.29, 1.82) is 0 Å². The molecule has 3 heterocycles. The van der Waals surface area contributed by atoms with Crippen molar-refractivity contribution in [2.45, 2.75) is 12.3 Å². The molecule has 2 atom stereocenters. The van der Waals surface area contributed by atoms with Crippen LogP contribution in [0.25, 0.3) is 0 Å². The molecule has 5 nitrogen and oxygen atoms in total. The van der Waals surface area contributed by atoms with Crippen LogP contribution in [0, 0.1) is 5.92 Å². The number of carbonyl (C=O) groups excluding carboxylic acids is 1. The maximum absolute atomic E-state index is 12.3. The zero-order valence-corrected chi connectivity index (χ0v) is 12.9. The van der Waals surface area contributed by atoms with Crippen molar-refractivity contribution in [3.63, 3.8) is 0 Å². The number of ether oxygens (including phenoxy) is 3. The number of hydrogen-bond donors (Lipinski definition) is 0. The second-order valence-corrected chi connectivity index (χ2v) is 6.25. The number of hydrogen-bond acceptors (Lipinski definition) is 5. The minimum atomic E-state index is -0.307. The first kappa shape index (κ1) is 13.6. The molecule has 2 aromatic carbocycles. The Morgan fingerprint density at radius 2 is 1.83 bits per heavy atom. The summed E-state index contributed by atoms with van der Waals surface area (Å²) in [6.45, 7) is 0.506. The predicted octanol–water partition coefficient (Wildman–Crippen LogP) is 3.00. The molecular formula is C19H15NO4. The van der Waals surface area contributed by atoms with Crippen LogP contribution in [0.3, 0.4) is 0 Å². The molecule has 0 aromatic heterocycles. The van der Waals surface area contributed by atoms with Crippen LogP contribution in [0.1, 0.15) is 17.0 Å². The highest BCUT2D eigenvalue weighted by atomic mass is 16.7. The number of aliphatic imine (C=N–C) groups is 1. The highest BCUT2D eigenvalue weighted by Gasteiger charge is 2.44. The van der Waals surface area contributed by atoms with Gasteiger partial charge in [0, 0.05) is 12.0 Å². The van der Waals surface area contributed by atoms with E-state index in [1.54, 1.807) is 0 Å². The number of fused-ring (bicyclic) bond motifs is 3. The van der Waals surface area contributed by atoms with Gasteiger partial charge in [-0.2, -0.15) is 0 Å². The third-order valence-electron chi connectivity index (χ3n) is 4.86. The van der Waals surface area contributed by atoms with E-state index in [0.717, 1.165) is 29.1 Å². The van der Waals surface area contributed by atoms with Crippen molar-refractivity contribution in [3.8, 4) is 11.5 Å². The fraction of sp³-hybridized carbons (Fsp3) is 0.263. The molecule has 120 valence electrons. The minimum absolute atomic E-state index is 0.000556. The number of cyclic esters (lactones) is 1. The van der Waals surface area contributed by atoms with Crippen molar-refractivity contribution in [2.24, 2.45) is 10.9 Å². The van der Waals surface area contributed by atoms with E-state index in [2.05, 4.69) is 17.1 Å². The van der Waals surface area contributed by atoms with Crippen LogP contribution in [-0.4, -0.2) is 25.1 Å². The van der Waals surface area contributed by atoms with Gasteiger partial charge < -0.3 is 14.2 Å². The van der Waals surface area contributed by atoms with Crippen LogP contribution >= 0.6 is 0 Å². The Labute approximate surface area is 138 Å². The second-order valence-electron chi connectivity index (χ2n) is 6.25. The lowest BCUT2D eigenvalue weighted by atomic mass is 9.77. The molecule has 0 N–H and O–H groups in total. The van der Waals surface area contributed by atoms with Crippen LogP contribution < -0.4 is 9.47 Å². The molecule has 0 bridgehead atoms. The SMILES string of the molecule is O=C1OCC2=Nc3cc4c(cc3C(Cc3ccccc3)C12)OCO4. The third-order valence-corrected chi connectivity index (χ3v) is 4.86. The average molecular weight is 321 g/mol. The lowest BCUT2D eigenvalue weighted by molar-refractivity contribution is -0.141. The normalized spacial score (nSPS) is 23.3. The first-order valence-corrected chi connectivity index (χ1v) is 8.01. The standard InChI is InChI=1S/C19H15NO4/c21-19-18-13(6-11-4-2-1-3-5-11)12-7-16-17(24-10-23-16)8-14(12)20-15(18)9-22-19/h1-5,7-8,13,18H,6,9-10H2.